The van der Waals surface area contributed by atoms with Crippen LogP contribution in [-0.2, 0) is 46.6 Å². The lowest BCUT2D eigenvalue weighted by Gasteiger charge is -2.31. The highest BCUT2D eigenvalue weighted by molar-refractivity contribution is 6.08. The van der Waals surface area contributed by atoms with E-state index in [1.54, 1.807) is 105 Å². The number of nitrogens with two attached hydrogens (primary N) is 1. The van der Waals surface area contributed by atoms with Gasteiger partial charge in [-0.2, -0.15) is 0 Å². The molecule has 116 heavy (non-hydrogen) atoms. The molecule has 16 rings (SSSR count). The molecule has 30 heteroatoms. The lowest BCUT2D eigenvalue weighted by atomic mass is 9.93. The molecule has 0 radical (unpaired) electrons. The molecule has 0 saturated carbocycles. The van der Waals surface area contributed by atoms with Crippen molar-refractivity contribution in [1.82, 2.24) is 59.1 Å². The Bertz CT molecular complexity index is 5440. The van der Waals surface area contributed by atoms with Crippen molar-refractivity contribution in [1.29, 1.82) is 0 Å². The van der Waals surface area contributed by atoms with E-state index in [2.05, 4.69) is 103 Å². The third-order valence-electron chi connectivity index (χ3n) is 20.4. The van der Waals surface area contributed by atoms with Crippen LogP contribution in [0.15, 0.2) is 158 Å². The van der Waals surface area contributed by atoms with Gasteiger partial charge >= 0.3 is 0 Å². The molecule has 8 aromatic heterocycles. The van der Waals surface area contributed by atoms with Gasteiger partial charge in [-0.25, -0.2) is 14.4 Å². The third-order valence-corrected chi connectivity index (χ3v) is 20.4. The Hall–Kier alpha value is -12.0. The van der Waals surface area contributed by atoms with Gasteiger partial charge in [-0.15, -0.1) is 20.4 Å². The van der Waals surface area contributed by atoms with Gasteiger partial charge in [-0.1, -0.05) is 12.1 Å². The normalized spacial score (nSPS) is 20.8. The van der Waals surface area contributed by atoms with E-state index in [1.165, 1.54) is 23.7 Å². The molecule has 29 nitrogen and oxygen atoms in total. The molecule has 4 saturated heterocycles. The summed E-state index contributed by atoms with van der Waals surface area (Å²) < 4.78 is 82.6. The first-order valence-electron chi connectivity index (χ1n) is 40.1. The van der Waals surface area contributed by atoms with Crippen LogP contribution in [-0.4, -0.2) is 159 Å². The number of halogens is 1. The maximum Gasteiger partial charge on any atom is 0.276 e. The molecule has 4 aliphatic heterocycles. The quantitative estimate of drug-likeness (QED) is 0.0446. The summed E-state index contributed by atoms with van der Waals surface area (Å²) in [5.41, 5.74) is 12.8. The number of nitrogens with one attached hydrogen (secondary N) is 4. The standard InChI is InChI=1S/C22H25FN4O3.C22H27N5O3.C22H26N4O3.C20H22N4O3/c1-13-8-15(9-14(2)30-13)12-29-22-18-6-5-17(10-20(18)27(3)26-22)25-21(28)19-7-4-16(23)11-24-19;1-13-9-15(10-14(2)30-13)12-29-22-17-7-6-16(11-19(17)27(3)26-22)25-21(28)20-18(23)5-4-8-24-20;1-14-10-16(11-15(2)29-14)13-28-22-18-8-7-17(12-20(18)26(3)25-22)24-21(27)19-6-4-5-9-23-19;1-2-24-18-11-15(22-19(25)17-5-3-4-9-21-17)6-7-16(18)20(23-24)27-13-14-8-10-26-12-14/h4-7,10-11,13-15H,8-9,12H2,1-3H3,(H,25,28);4-8,11,13-15H,9-10,12,23H2,1-3H3,(H,25,28);4-9,12,14-16H,10-11,13H2,1-3H3,(H,24,27);3-7,9,11,14H,2,8,10,12-13H2,1H3,(H,22,25)/i;;;2D2. The maximum atomic E-state index is 13.0. The van der Waals surface area contributed by atoms with Crippen molar-refractivity contribution in [3.63, 3.8) is 0 Å². The van der Waals surface area contributed by atoms with Gasteiger partial charge in [0.25, 0.3) is 23.6 Å². The third kappa shape index (κ3) is 21.1. The summed E-state index contributed by atoms with van der Waals surface area (Å²) in [5, 5.41) is 32.6. The van der Waals surface area contributed by atoms with Gasteiger partial charge in [-0.3, -0.25) is 47.9 Å². The number of carbonyl (C=O) groups excluding carboxylic acids is 4. The van der Waals surface area contributed by atoms with Crippen LogP contribution >= 0.6 is 0 Å². The minimum Gasteiger partial charge on any atom is -0.476 e. The molecule has 4 aromatic carbocycles. The zero-order valence-corrected chi connectivity index (χ0v) is 66.7. The van der Waals surface area contributed by atoms with Crippen molar-refractivity contribution >= 4 is 95.7 Å². The zero-order valence-electron chi connectivity index (χ0n) is 68.7. The first-order valence-corrected chi connectivity index (χ1v) is 39.1. The van der Waals surface area contributed by atoms with Crippen LogP contribution in [0.25, 0.3) is 43.6 Å². The number of hydrogen-bond donors (Lipinski definition) is 5. The predicted octanol–water partition coefficient (Wildman–Crippen LogP) is 14.2. The van der Waals surface area contributed by atoms with E-state index in [0.717, 1.165) is 90.5 Å². The average Bonchev–Trinajstić information content (AvgIpc) is 1.63. The lowest BCUT2D eigenvalue weighted by Crippen LogP contribution is -2.32. The number of ether oxygens (including phenoxy) is 8. The van der Waals surface area contributed by atoms with Crippen molar-refractivity contribution < 1.29 is 64.2 Å². The fraction of sp³-hybridized carbons (Fsp3) is 0.395. The molecule has 7 unspecified atom stereocenters. The van der Waals surface area contributed by atoms with E-state index in [4.69, 9.17) is 46.4 Å². The summed E-state index contributed by atoms with van der Waals surface area (Å²) in [6, 6.07) is 38.2. The highest BCUT2D eigenvalue weighted by Gasteiger charge is 2.30. The molecule has 4 aliphatic rings. The van der Waals surface area contributed by atoms with Crippen LogP contribution < -0.4 is 45.9 Å². The number of amides is 4. The summed E-state index contributed by atoms with van der Waals surface area (Å²) in [7, 11) is 5.56. The van der Waals surface area contributed by atoms with E-state index >= 15 is 0 Å². The predicted molar refractivity (Wildman–Crippen MR) is 440 cm³/mol. The van der Waals surface area contributed by atoms with E-state index in [9.17, 15) is 23.6 Å². The number of benzene rings is 4. The molecular weight excluding hydrogens is 1480 g/mol. The molecule has 4 fully saturated rings. The average molecular weight is 1580 g/mol. The number of hydrogen-bond acceptors (Lipinski definition) is 21. The molecule has 7 atom stereocenters. The van der Waals surface area contributed by atoms with Crippen LogP contribution in [0, 0.1) is 29.5 Å². The van der Waals surface area contributed by atoms with Crippen molar-refractivity contribution in [2.24, 2.45) is 44.8 Å². The second-order valence-electron chi connectivity index (χ2n) is 30.0. The minimum absolute atomic E-state index is 0.144. The number of pyridine rings is 4. The summed E-state index contributed by atoms with van der Waals surface area (Å²) in [6.45, 7) is 16.0. The second-order valence-corrected chi connectivity index (χ2v) is 30.0. The van der Waals surface area contributed by atoms with E-state index in [-0.39, 0.29) is 65.7 Å². The highest BCUT2D eigenvalue weighted by Crippen LogP contribution is 2.36. The number of nitrogen functional groups attached to an aromatic ring is 1. The summed E-state index contributed by atoms with van der Waals surface area (Å²) in [6.07, 6.45) is 14.1. The van der Waals surface area contributed by atoms with Gasteiger partial charge in [0.1, 0.15) is 22.9 Å². The van der Waals surface area contributed by atoms with Gasteiger partial charge < -0.3 is 64.9 Å². The zero-order chi connectivity index (χ0) is 83.3. The van der Waals surface area contributed by atoms with Gasteiger partial charge in [0, 0.05) is 81.5 Å². The highest BCUT2D eigenvalue weighted by atomic mass is 19.1. The van der Waals surface area contributed by atoms with Crippen molar-refractivity contribution in [2.75, 3.05) is 66.6 Å². The number of aromatic nitrogens is 12. The van der Waals surface area contributed by atoms with Gasteiger partial charge in [-0.05, 0) is 232 Å². The molecule has 6 N–H and O–H groups in total. The number of anilines is 5. The summed E-state index contributed by atoms with van der Waals surface area (Å²) in [5.74, 6) is 2.00. The summed E-state index contributed by atoms with van der Waals surface area (Å²) >= 11 is 0. The van der Waals surface area contributed by atoms with Crippen molar-refractivity contribution in [3.8, 4) is 23.5 Å². The molecule has 608 valence electrons. The Morgan fingerprint density at radius 2 is 0.828 bits per heavy atom. The fourth-order valence-corrected chi connectivity index (χ4v) is 15.1. The molecule has 0 spiro atoms. The van der Waals surface area contributed by atoms with E-state index in [0.29, 0.717) is 131 Å². The Kier molecular flexibility index (Phi) is 25.9. The second kappa shape index (κ2) is 38.0. The largest absolute Gasteiger partial charge is 0.476 e. The van der Waals surface area contributed by atoms with Crippen LogP contribution in [0.2, 0.25) is 0 Å². The van der Waals surface area contributed by atoms with Crippen LogP contribution in [0.5, 0.6) is 23.5 Å². The SMILES string of the molecule is CC1CC(COc2nn(C)c3cc(NC(=O)c4ccc(F)cn4)ccc23)CC(C)O1.CC1CC(COc2nn(C)c3cc(NC(=O)c4ccccn4)ccc23)CC(C)O1.CC1CC(COc2nn(C)c3cc(NC(=O)c4ncccc4N)ccc23)CC(C)O1.[2H]C([2H])(C)n1nc(OCC2CCOC2)c2ccc(NC(=O)c3ccccn3)cc21. The Balaban J connectivity index is 0.000000136. The van der Waals surface area contributed by atoms with Crippen LogP contribution in [0.1, 0.15) is 138 Å². The van der Waals surface area contributed by atoms with Gasteiger partial charge in [0.15, 0.2) is 5.69 Å². The van der Waals surface area contributed by atoms with Crippen molar-refractivity contribution in [2.45, 2.75) is 137 Å². The van der Waals surface area contributed by atoms with E-state index < -0.39 is 18.2 Å². The maximum absolute atomic E-state index is 13.0. The Morgan fingerprint density at radius 3 is 1.19 bits per heavy atom. The fourth-order valence-electron chi connectivity index (χ4n) is 15.1. The van der Waals surface area contributed by atoms with Crippen molar-refractivity contribution in [3.05, 3.63) is 187 Å². The number of aryl methyl sites for hydroxylation is 4. The first kappa shape index (κ1) is 79.2. The lowest BCUT2D eigenvalue weighted by molar-refractivity contribution is -0.0596. The molecule has 0 bridgehead atoms. The Labute approximate surface area is 674 Å². The Morgan fingerprint density at radius 1 is 0.457 bits per heavy atom. The molecule has 4 amide bonds. The number of rotatable bonds is 21. The first-order chi connectivity index (χ1) is 56.7. The smallest absolute Gasteiger partial charge is 0.276 e. The number of carbonyl (C=O) groups is 4. The number of nitrogens with zero attached hydrogens (tertiary/aromatic N) is 12. The van der Waals surface area contributed by atoms with Gasteiger partial charge in [0.05, 0.1) is 128 Å². The minimum atomic E-state index is -1.74. The molecule has 12 heterocycles. The molecular formula is C86H100FN17O12. The van der Waals surface area contributed by atoms with Crippen LogP contribution in [0.3, 0.4) is 0 Å². The van der Waals surface area contributed by atoms with Crippen LogP contribution in [0.4, 0.5) is 32.8 Å². The van der Waals surface area contributed by atoms with Gasteiger partial charge in [0.2, 0.25) is 23.5 Å². The molecule has 12 aromatic rings. The molecule has 0 aliphatic carbocycles. The summed E-state index contributed by atoms with van der Waals surface area (Å²) in [4.78, 5) is 65.5. The number of fused-ring (bicyclic) bond motifs is 4. The van der Waals surface area contributed by atoms with E-state index in [1.807, 2.05) is 69.7 Å². The topological polar surface area (TPSA) is 339 Å². The monoisotopic (exact) mass is 1580 g/mol.